The Labute approximate surface area is 145 Å². The van der Waals surface area contributed by atoms with Crippen LogP contribution in [0.15, 0.2) is 28.8 Å². The SMILES string of the molecule is CNC(=O)c1ccc(NC(=O)N2CCC[C@H](c3nc(C)no3)C2)cc1. The van der Waals surface area contributed by atoms with Crippen molar-refractivity contribution in [2.45, 2.75) is 25.7 Å². The third kappa shape index (κ3) is 3.96. The van der Waals surface area contributed by atoms with Crippen LogP contribution in [0.2, 0.25) is 0 Å². The fraction of sp³-hybridized carbons (Fsp3) is 0.412. The highest BCUT2D eigenvalue weighted by Crippen LogP contribution is 2.26. The summed E-state index contributed by atoms with van der Waals surface area (Å²) in [5.74, 6) is 1.10. The van der Waals surface area contributed by atoms with Gasteiger partial charge in [-0.2, -0.15) is 4.98 Å². The van der Waals surface area contributed by atoms with Crippen molar-refractivity contribution in [3.8, 4) is 0 Å². The van der Waals surface area contributed by atoms with Gasteiger partial charge in [-0.3, -0.25) is 4.79 Å². The van der Waals surface area contributed by atoms with Crippen LogP contribution in [0.5, 0.6) is 0 Å². The molecular formula is C17H21N5O3. The number of aromatic nitrogens is 2. The van der Waals surface area contributed by atoms with E-state index < -0.39 is 0 Å². The van der Waals surface area contributed by atoms with Gasteiger partial charge >= 0.3 is 6.03 Å². The zero-order valence-electron chi connectivity index (χ0n) is 14.3. The number of benzene rings is 1. The Morgan fingerprint density at radius 3 is 2.68 bits per heavy atom. The molecule has 8 nitrogen and oxygen atoms in total. The molecule has 1 atom stereocenters. The Morgan fingerprint density at radius 1 is 1.28 bits per heavy atom. The molecule has 0 aliphatic carbocycles. The lowest BCUT2D eigenvalue weighted by atomic mass is 9.98. The van der Waals surface area contributed by atoms with Gasteiger partial charge in [-0.25, -0.2) is 4.79 Å². The average molecular weight is 343 g/mol. The number of nitrogens with zero attached hydrogens (tertiary/aromatic N) is 3. The van der Waals surface area contributed by atoms with E-state index in [4.69, 9.17) is 4.52 Å². The molecule has 8 heteroatoms. The van der Waals surface area contributed by atoms with Crippen LogP contribution in [-0.2, 0) is 0 Å². The second kappa shape index (κ2) is 7.33. The van der Waals surface area contributed by atoms with Gasteiger partial charge in [0.05, 0.1) is 5.92 Å². The molecule has 1 aromatic carbocycles. The Bertz CT molecular complexity index is 756. The minimum atomic E-state index is -0.173. The van der Waals surface area contributed by atoms with Gasteiger partial charge in [-0.1, -0.05) is 5.16 Å². The quantitative estimate of drug-likeness (QED) is 0.889. The van der Waals surface area contributed by atoms with Crippen molar-refractivity contribution in [3.05, 3.63) is 41.5 Å². The van der Waals surface area contributed by atoms with Gasteiger partial charge in [0, 0.05) is 31.4 Å². The lowest BCUT2D eigenvalue weighted by Gasteiger charge is -2.31. The summed E-state index contributed by atoms with van der Waals surface area (Å²) in [5, 5.41) is 9.24. The van der Waals surface area contributed by atoms with Gasteiger partial charge in [0.2, 0.25) is 5.89 Å². The molecular weight excluding hydrogens is 322 g/mol. The smallest absolute Gasteiger partial charge is 0.321 e. The summed E-state index contributed by atoms with van der Waals surface area (Å²) >= 11 is 0. The third-order valence-corrected chi connectivity index (χ3v) is 4.23. The number of carbonyl (C=O) groups is 2. The summed E-state index contributed by atoms with van der Waals surface area (Å²) in [6, 6.07) is 6.61. The van der Waals surface area contributed by atoms with Crippen molar-refractivity contribution in [2.75, 3.05) is 25.5 Å². The maximum Gasteiger partial charge on any atom is 0.321 e. The van der Waals surface area contributed by atoms with Crippen LogP contribution in [0.25, 0.3) is 0 Å². The zero-order chi connectivity index (χ0) is 17.8. The number of amides is 3. The van der Waals surface area contributed by atoms with E-state index in [2.05, 4.69) is 20.8 Å². The topological polar surface area (TPSA) is 100 Å². The predicted octanol–water partition coefficient (Wildman–Crippen LogP) is 2.15. The summed E-state index contributed by atoms with van der Waals surface area (Å²) in [7, 11) is 1.58. The van der Waals surface area contributed by atoms with E-state index in [1.54, 1.807) is 43.1 Å². The number of rotatable bonds is 3. The summed E-state index contributed by atoms with van der Waals surface area (Å²) in [5.41, 5.74) is 1.19. The van der Waals surface area contributed by atoms with E-state index in [0.29, 0.717) is 36.1 Å². The highest BCUT2D eigenvalue weighted by atomic mass is 16.5. The molecule has 0 bridgehead atoms. The van der Waals surface area contributed by atoms with Gasteiger partial charge in [-0.05, 0) is 44.0 Å². The molecule has 1 aromatic heterocycles. The number of hydrogen-bond acceptors (Lipinski definition) is 5. The van der Waals surface area contributed by atoms with Crippen molar-refractivity contribution in [3.63, 3.8) is 0 Å². The average Bonchev–Trinajstić information content (AvgIpc) is 3.08. The molecule has 1 fully saturated rings. The van der Waals surface area contributed by atoms with Crippen LogP contribution < -0.4 is 10.6 Å². The molecule has 2 N–H and O–H groups in total. The number of piperidine rings is 1. The zero-order valence-corrected chi connectivity index (χ0v) is 14.3. The second-order valence-corrected chi connectivity index (χ2v) is 6.05. The van der Waals surface area contributed by atoms with Gasteiger partial charge in [-0.15, -0.1) is 0 Å². The number of carbonyl (C=O) groups excluding carboxylic acids is 2. The number of anilines is 1. The molecule has 0 spiro atoms. The summed E-state index contributed by atoms with van der Waals surface area (Å²) in [6.45, 7) is 3.01. The minimum Gasteiger partial charge on any atom is -0.355 e. The fourth-order valence-electron chi connectivity index (χ4n) is 2.89. The van der Waals surface area contributed by atoms with E-state index in [-0.39, 0.29) is 17.9 Å². The Kier molecular flexibility index (Phi) is 4.97. The number of hydrogen-bond donors (Lipinski definition) is 2. The summed E-state index contributed by atoms with van der Waals surface area (Å²) < 4.78 is 5.24. The van der Waals surface area contributed by atoms with Crippen LogP contribution in [-0.4, -0.2) is 47.1 Å². The number of likely N-dealkylation sites (tertiary alicyclic amines) is 1. The second-order valence-electron chi connectivity index (χ2n) is 6.05. The van der Waals surface area contributed by atoms with E-state index in [9.17, 15) is 9.59 Å². The molecule has 1 saturated heterocycles. The van der Waals surface area contributed by atoms with Gasteiger partial charge in [0.1, 0.15) is 0 Å². The summed E-state index contributed by atoms with van der Waals surface area (Å²) in [6.07, 6.45) is 1.81. The van der Waals surface area contributed by atoms with Crippen molar-refractivity contribution in [2.24, 2.45) is 0 Å². The first kappa shape index (κ1) is 16.9. The molecule has 1 aliphatic heterocycles. The minimum absolute atomic E-state index is 0.0660. The monoisotopic (exact) mass is 343 g/mol. The summed E-state index contributed by atoms with van der Waals surface area (Å²) in [4.78, 5) is 30.1. The van der Waals surface area contributed by atoms with E-state index in [1.807, 2.05) is 0 Å². The molecule has 0 radical (unpaired) electrons. The molecule has 132 valence electrons. The highest BCUT2D eigenvalue weighted by molar-refractivity contribution is 5.95. The normalized spacial score (nSPS) is 17.2. The van der Waals surface area contributed by atoms with Crippen LogP contribution in [0.4, 0.5) is 10.5 Å². The number of nitrogens with one attached hydrogen (secondary N) is 2. The Hall–Kier alpha value is -2.90. The van der Waals surface area contributed by atoms with Crippen LogP contribution in [0, 0.1) is 6.92 Å². The van der Waals surface area contributed by atoms with Crippen LogP contribution in [0.3, 0.4) is 0 Å². The van der Waals surface area contributed by atoms with Crippen molar-refractivity contribution < 1.29 is 14.1 Å². The lowest BCUT2D eigenvalue weighted by Crippen LogP contribution is -2.41. The maximum atomic E-state index is 12.5. The molecule has 25 heavy (non-hydrogen) atoms. The first-order valence-electron chi connectivity index (χ1n) is 8.25. The van der Waals surface area contributed by atoms with Gasteiger partial charge in [0.25, 0.3) is 5.91 Å². The molecule has 2 aromatic rings. The van der Waals surface area contributed by atoms with Crippen LogP contribution >= 0.6 is 0 Å². The number of urea groups is 1. The van der Waals surface area contributed by atoms with E-state index >= 15 is 0 Å². The molecule has 2 heterocycles. The third-order valence-electron chi connectivity index (χ3n) is 4.23. The molecule has 0 saturated carbocycles. The molecule has 0 unspecified atom stereocenters. The number of aryl methyl sites for hydroxylation is 1. The van der Waals surface area contributed by atoms with Crippen molar-refractivity contribution in [1.82, 2.24) is 20.4 Å². The molecule has 3 amide bonds. The maximum absolute atomic E-state index is 12.5. The predicted molar refractivity (Wildman–Crippen MR) is 91.4 cm³/mol. The standard InChI is InChI=1S/C17H21N5O3/c1-11-19-16(25-21-11)13-4-3-9-22(10-13)17(24)20-14-7-5-12(6-8-14)15(23)18-2/h5-8,13H,3-4,9-10H2,1-2H3,(H,18,23)(H,20,24)/t13-/m0/s1. The molecule has 3 rings (SSSR count). The Morgan fingerprint density at radius 2 is 2.04 bits per heavy atom. The van der Waals surface area contributed by atoms with E-state index in [0.717, 1.165) is 12.8 Å². The van der Waals surface area contributed by atoms with E-state index in [1.165, 1.54) is 0 Å². The fourth-order valence-corrected chi connectivity index (χ4v) is 2.89. The van der Waals surface area contributed by atoms with Crippen molar-refractivity contribution >= 4 is 17.6 Å². The Balaban J connectivity index is 1.61. The molecule has 1 aliphatic rings. The van der Waals surface area contributed by atoms with Gasteiger partial charge in [0.15, 0.2) is 5.82 Å². The first-order valence-corrected chi connectivity index (χ1v) is 8.25. The first-order chi connectivity index (χ1) is 12.1. The van der Waals surface area contributed by atoms with Gasteiger partial charge < -0.3 is 20.1 Å². The lowest BCUT2D eigenvalue weighted by molar-refractivity contribution is 0.0963. The largest absolute Gasteiger partial charge is 0.355 e. The highest BCUT2D eigenvalue weighted by Gasteiger charge is 2.28. The van der Waals surface area contributed by atoms with Crippen molar-refractivity contribution in [1.29, 1.82) is 0 Å². The van der Waals surface area contributed by atoms with Crippen LogP contribution in [0.1, 0.15) is 40.8 Å².